The number of thiazole rings is 1. The lowest BCUT2D eigenvalue weighted by atomic mass is 10.2. The van der Waals surface area contributed by atoms with Crippen molar-refractivity contribution in [3.8, 4) is 0 Å². The number of amides is 1. The van der Waals surface area contributed by atoms with Crippen LogP contribution in [0, 0.1) is 0 Å². The molecule has 1 heterocycles. The lowest BCUT2D eigenvalue weighted by Crippen LogP contribution is -2.16. The van der Waals surface area contributed by atoms with E-state index >= 15 is 0 Å². The molecule has 1 aromatic heterocycles. The number of carbonyl (C=O) groups is 2. The highest BCUT2D eigenvalue weighted by Gasteiger charge is 2.18. The van der Waals surface area contributed by atoms with E-state index in [4.69, 9.17) is 9.84 Å². The van der Waals surface area contributed by atoms with Crippen molar-refractivity contribution in [2.75, 3.05) is 12.4 Å². The summed E-state index contributed by atoms with van der Waals surface area (Å²) in [5.41, 5.74) is 0.583. The quantitative estimate of drug-likeness (QED) is 0.619. The molecular formula is C14H13N3O5S. The molecule has 2 N–H and O–H groups in total. The number of oxime groups is 1. The van der Waals surface area contributed by atoms with Crippen molar-refractivity contribution in [1.82, 2.24) is 4.98 Å². The van der Waals surface area contributed by atoms with Crippen molar-refractivity contribution in [1.29, 1.82) is 0 Å². The van der Waals surface area contributed by atoms with Gasteiger partial charge in [-0.15, -0.1) is 11.3 Å². The van der Waals surface area contributed by atoms with Crippen LogP contribution >= 0.6 is 11.3 Å². The maximum Gasteiger partial charge on any atom is 0.413 e. The van der Waals surface area contributed by atoms with Crippen molar-refractivity contribution < 1.29 is 24.3 Å². The molecule has 0 aliphatic rings. The van der Waals surface area contributed by atoms with Gasteiger partial charge in [-0.3, -0.25) is 5.32 Å². The second kappa shape index (κ2) is 7.90. The zero-order chi connectivity index (χ0) is 16.7. The fraction of sp³-hybridized carbons (Fsp3) is 0.143. The smallest absolute Gasteiger partial charge is 0.413 e. The van der Waals surface area contributed by atoms with E-state index in [0.717, 1.165) is 16.9 Å². The van der Waals surface area contributed by atoms with Gasteiger partial charge < -0.3 is 14.7 Å². The maximum atomic E-state index is 11.7. The van der Waals surface area contributed by atoms with Crippen molar-refractivity contribution >= 4 is 34.2 Å². The van der Waals surface area contributed by atoms with Crippen molar-refractivity contribution in [2.24, 2.45) is 5.16 Å². The Balaban J connectivity index is 1.94. The minimum atomic E-state index is -1.28. The number of hydrogen-bond donors (Lipinski definition) is 2. The summed E-state index contributed by atoms with van der Waals surface area (Å²) < 4.78 is 5.04. The third kappa shape index (κ3) is 4.78. The number of nitrogens with one attached hydrogen (secondary N) is 1. The average molecular weight is 335 g/mol. The molecule has 0 radical (unpaired) electrons. The summed E-state index contributed by atoms with van der Waals surface area (Å²) in [6, 6.07) is 9.20. The van der Waals surface area contributed by atoms with Crippen LogP contribution in [0.15, 0.2) is 40.9 Å². The SMILES string of the molecule is CON=C(C(=O)O)c1csc(NC(=O)OCc2ccccc2)n1. The van der Waals surface area contributed by atoms with Crippen LogP contribution < -0.4 is 5.32 Å². The molecule has 0 unspecified atom stereocenters. The first kappa shape index (κ1) is 16.4. The lowest BCUT2D eigenvalue weighted by molar-refractivity contribution is -0.129. The molecule has 120 valence electrons. The van der Waals surface area contributed by atoms with E-state index in [1.165, 1.54) is 12.5 Å². The van der Waals surface area contributed by atoms with Gasteiger partial charge >= 0.3 is 12.1 Å². The van der Waals surface area contributed by atoms with Gasteiger partial charge in [0.15, 0.2) is 5.13 Å². The number of carboxylic acids is 1. The first-order valence-corrected chi connectivity index (χ1v) is 7.26. The van der Waals surface area contributed by atoms with Crippen LogP contribution in [0.2, 0.25) is 0 Å². The molecule has 2 aromatic rings. The molecule has 0 aliphatic carbocycles. The fourth-order valence-electron chi connectivity index (χ4n) is 1.57. The summed E-state index contributed by atoms with van der Waals surface area (Å²) in [5.74, 6) is -1.28. The number of benzene rings is 1. The van der Waals surface area contributed by atoms with Crippen molar-refractivity contribution in [2.45, 2.75) is 6.61 Å². The molecule has 0 spiro atoms. The van der Waals surface area contributed by atoms with Crippen LogP contribution in [0.3, 0.4) is 0 Å². The van der Waals surface area contributed by atoms with Gasteiger partial charge in [0.1, 0.15) is 19.4 Å². The van der Waals surface area contributed by atoms with Crippen LogP contribution in [0.25, 0.3) is 0 Å². The van der Waals surface area contributed by atoms with Gasteiger partial charge in [-0.05, 0) is 5.56 Å². The minimum Gasteiger partial charge on any atom is -0.476 e. The highest BCUT2D eigenvalue weighted by molar-refractivity contribution is 7.14. The topological polar surface area (TPSA) is 110 Å². The van der Waals surface area contributed by atoms with Gasteiger partial charge in [0.2, 0.25) is 5.71 Å². The fourth-order valence-corrected chi connectivity index (χ4v) is 2.25. The largest absolute Gasteiger partial charge is 0.476 e. The molecule has 0 aliphatic heterocycles. The first-order valence-electron chi connectivity index (χ1n) is 6.38. The van der Waals surface area contributed by atoms with Crippen LogP contribution in [-0.4, -0.2) is 35.0 Å². The Labute approximate surface area is 135 Å². The second-order valence-electron chi connectivity index (χ2n) is 4.15. The monoisotopic (exact) mass is 335 g/mol. The highest BCUT2D eigenvalue weighted by Crippen LogP contribution is 2.17. The van der Waals surface area contributed by atoms with Gasteiger partial charge in [0.05, 0.1) is 0 Å². The predicted octanol–water partition coefficient (Wildman–Crippen LogP) is 2.33. The molecule has 0 saturated heterocycles. The number of carbonyl (C=O) groups excluding carboxylic acids is 1. The standard InChI is InChI=1S/C14H13N3O5S/c1-21-17-11(12(18)19)10-8-23-13(15-10)16-14(20)22-7-9-5-3-2-4-6-9/h2-6,8H,7H2,1H3,(H,18,19)(H,15,16,20). The van der Waals surface area contributed by atoms with Gasteiger partial charge in [-0.1, -0.05) is 35.5 Å². The molecule has 0 fully saturated rings. The zero-order valence-corrected chi connectivity index (χ0v) is 12.9. The third-order valence-electron chi connectivity index (χ3n) is 2.55. The number of anilines is 1. The molecule has 0 saturated carbocycles. The molecule has 8 nitrogen and oxygen atoms in total. The Kier molecular flexibility index (Phi) is 5.64. The average Bonchev–Trinajstić information content (AvgIpc) is 2.99. The number of rotatable bonds is 6. The number of hydrogen-bond acceptors (Lipinski definition) is 7. The van der Waals surface area contributed by atoms with E-state index in [1.807, 2.05) is 30.3 Å². The van der Waals surface area contributed by atoms with Gasteiger partial charge in [0.25, 0.3) is 0 Å². The van der Waals surface area contributed by atoms with E-state index in [0.29, 0.717) is 0 Å². The van der Waals surface area contributed by atoms with Crippen molar-refractivity contribution in [3.05, 3.63) is 47.0 Å². The lowest BCUT2D eigenvalue weighted by Gasteiger charge is -2.04. The molecule has 23 heavy (non-hydrogen) atoms. The number of aliphatic carboxylic acids is 1. The molecule has 1 aromatic carbocycles. The Morgan fingerprint density at radius 2 is 2.09 bits per heavy atom. The van der Waals surface area contributed by atoms with E-state index in [1.54, 1.807) is 0 Å². The predicted molar refractivity (Wildman–Crippen MR) is 83.5 cm³/mol. The molecule has 0 bridgehead atoms. The van der Waals surface area contributed by atoms with Crippen molar-refractivity contribution in [3.63, 3.8) is 0 Å². The molecule has 1 amide bonds. The number of nitrogens with zero attached hydrogens (tertiary/aromatic N) is 2. The Morgan fingerprint density at radius 1 is 1.35 bits per heavy atom. The first-order chi connectivity index (χ1) is 11.1. The Morgan fingerprint density at radius 3 is 2.74 bits per heavy atom. The summed E-state index contributed by atoms with van der Waals surface area (Å²) >= 11 is 1.05. The normalized spacial score (nSPS) is 10.9. The van der Waals surface area contributed by atoms with Crippen LogP contribution in [0.5, 0.6) is 0 Å². The Bertz CT molecular complexity index is 714. The number of carboxylic acid groups (broad SMARTS) is 1. The van der Waals surface area contributed by atoms with E-state index in [-0.39, 0.29) is 23.1 Å². The molecular weight excluding hydrogens is 322 g/mol. The molecule has 0 atom stereocenters. The zero-order valence-electron chi connectivity index (χ0n) is 12.1. The van der Waals surface area contributed by atoms with E-state index < -0.39 is 12.1 Å². The van der Waals surface area contributed by atoms with Gasteiger partial charge in [-0.25, -0.2) is 14.6 Å². The maximum absolute atomic E-state index is 11.7. The number of ether oxygens (including phenoxy) is 1. The third-order valence-corrected chi connectivity index (χ3v) is 3.31. The molecule has 2 rings (SSSR count). The highest BCUT2D eigenvalue weighted by atomic mass is 32.1. The minimum absolute atomic E-state index is 0.0858. The van der Waals surface area contributed by atoms with E-state index in [2.05, 4.69) is 20.3 Å². The second-order valence-corrected chi connectivity index (χ2v) is 5.01. The number of aromatic nitrogens is 1. The summed E-state index contributed by atoms with van der Waals surface area (Å²) in [4.78, 5) is 31.1. The molecule has 9 heteroatoms. The van der Waals surface area contributed by atoms with Crippen LogP contribution in [-0.2, 0) is 21.0 Å². The van der Waals surface area contributed by atoms with Crippen LogP contribution in [0.4, 0.5) is 9.93 Å². The summed E-state index contributed by atoms with van der Waals surface area (Å²) in [6.45, 7) is 0.121. The Hall–Kier alpha value is -2.94. The summed E-state index contributed by atoms with van der Waals surface area (Å²) in [6.07, 6.45) is -0.685. The van der Waals surface area contributed by atoms with Crippen LogP contribution in [0.1, 0.15) is 11.3 Å². The van der Waals surface area contributed by atoms with Gasteiger partial charge in [0, 0.05) is 5.38 Å². The van der Waals surface area contributed by atoms with Gasteiger partial charge in [-0.2, -0.15) is 0 Å². The van der Waals surface area contributed by atoms with E-state index in [9.17, 15) is 9.59 Å². The summed E-state index contributed by atoms with van der Waals surface area (Å²) in [7, 11) is 1.23. The summed E-state index contributed by atoms with van der Waals surface area (Å²) in [5, 5.41) is 16.4.